The summed E-state index contributed by atoms with van der Waals surface area (Å²) in [4.78, 5) is 0.0981. The number of hydrogen-bond donors (Lipinski definition) is 2. The first-order chi connectivity index (χ1) is 9.72. The summed E-state index contributed by atoms with van der Waals surface area (Å²) in [6, 6.07) is 4.53. The maximum atomic E-state index is 12.5. The van der Waals surface area contributed by atoms with Crippen molar-refractivity contribution in [2.75, 3.05) is 10.5 Å². The fourth-order valence-corrected chi connectivity index (χ4v) is 3.49. The van der Waals surface area contributed by atoms with Crippen LogP contribution < -0.4 is 10.5 Å². The molecule has 3 N–H and O–H groups in total. The molecule has 21 heavy (non-hydrogen) atoms. The number of rotatable bonds is 4. The summed E-state index contributed by atoms with van der Waals surface area (Å²) >= 11 is 5.89. The van der Waals surface area contributed by atoms with Crippen molar-refractivity contribution in [1.82, 2.24) is 9.78 Å². The zero-order chi connectivity index (χ0) is 15.8. The van der Waals surface area contributed by atoms with Gasteiger partial charge < -0.3 is 5.73 Å². The third-order valence-electron chi connectivity index (χ3n) is 2.98. The summed E-state index contributed by atoms with van der Waals surface area (Å²) in [5.74, 6) is 0.401. The Morgan fingerprint density at radius 1 is 1.38 bits per heavy atom. The largest absolute Gasteiger partial charge is 0.397 e. The van der Waals surface area contributed by atoms with Crippen molar-refractivity contribution in [3.05, 3.63) is 35.0 Å². The van der Waals surface area contributed by atoms with Gasteiger partial charge in [0.05, 0.1) is 21.8 Å². The fraction of sp³-hybridized carbons (Fsp3) is 0.308. The zero-order valence-electron chi connectivity index (χ0n) is 12.0. The minimum atomic E-state index is -3.76. The van der Waals surface area contributed by atoms with E-state index in [-0.39, 0.29) is 16.6 Å². The zero-order valence-corrected chi connectivity index (χ0v) is 13.5. The van der Waals surface area contributed by atoms with E-state index < -0.39 is 10.0 Å². The normalized spacial score (nSPS) is 11.9. The summed E-state index contributed by atoms with van der Waals surface area (Å²) in [6.07, 6.45) is 1.54. The molecule has 0 saturated heterocycles. The SMILES string of the molecule is Cc1cc(Cl)c(N)cc1S(=O)(=O)Nc1ccnn1C(C)C. The molecule has 0 radical (unpaired) electrons. The van der Waals surface area contributed by atoms with Crippen LogP contribution in [0.15, 0.2) is 29.3 Å². The summed E-state index contributed by atoms with van der Waals surface area (Å²) < 4.78 is 29.1. The quantitative estimate of drug-likeness (QED) is 0.844. The van der Waals surface area contributed by atoms with Gasteiger partial charge in [-0.1, -0.05) is 11.6 Å². The molecule has 0 unspecified atom stereocenters. The number of hydrogen-bond acceptors (Lipinski definition) is 4. The molecule has 0 aliphatic heterocycles. The lowest BCUT2D eigenvalue weighted by atomic mass is 10.2. The Hall–Kier alpha value is -1.73. The van der Waals surface area contributed by atoms with Crippen LogP contribution >= 0.6 is 11.6 Å². The number of aromatic nitrogens is 2. The molecule has 1 aromatic heterocycles. The Labute approximate surface area is 129 Å². The first-order valence-corrected chi connectivity index (χ1v) is 8.20. The highest BCUT2D eigenvalue weighted by atomic mass is 35.5. The molecule has 8 heteroatoms. The predicted molar refractivity (Wildman–Crippen MR) is 84.0 cm³/mol. The Balaban J connectivity index is 2.44. The van der Waals surface area contributed by atoms with Gasteiger partial charge >= 0.3 is 0 Å². The topological polar surface area (TPSA) is 90.0 Å². The van der Waals surface area contributed by atoms with Gasteiger partial charge in [0.25, 0.3) is 10.0 Å². The van der Waals surface area contributed by atoms with Crippen molar-refractivity contribution in [2.24, 2.45) is 0 Å². The fourth-order valence-electron chi connectivity index (χ4n) is 1.96. The van der Waals surface area contributed by atoms with Gasteiger partial charge in [0.1, 0.15) is 5.82 Å². The molecule has 2 aromatic rings. The van der Waals surface area contributed by atoms with E-state index in [1.165, 1.54) is 12.1 Å². The van der Waals surface area contributed by atoms with Gasteiger partial charge in [-0.15, -0.1) is 0 Å². The van der Waals surface area contributed by atoms with Crippen molar-refractivity contribution in [1.29, 1.82) is 0 Å². The molecule has 114 valence electrons. The number of benzene rings is 1. The van der Waals surface area contributed by atoms with Gasteiger partial charge in [-0.25, -0.2) is 13.1 Å². The predicted octanol–water partition coefficient (Wildman–Crippen LogP) is 2.81. The Bertz CT molecular complexity index is 768. The smallest absolute Gasteiger partial charge is 0.263 e. The van der Waals surface area contributed by atoms with Crippen LogP contribution in [0.1, 0.15) is 25.5 Å². The molecule has 0 bridgehead atoms. The van der Waals surface area contributed by atoms with Crippen molar-refractivity contribution in [3.63, 3.8) is 0 Å². The average Bonchev–Trinajstić information content (AvgIpc) is 2.81. The van der Waals surface area contributed by atoms with Crippen LogP contribution in [0.25, 0.3) is 0 Å². The first kappa shape index (κ1) is 15.7. The minimum Gasteiger partial charge on any atom is -0.397 e. The van der Waals surface area contributed by atoms with Gasteiger partial charge in [0.2, 0.25) is 0 Å². The van der Waals surface area contributed by atoms with E-state index in [0.717, 1.165) is 0 Å². The molecule has 0 aliphatic rings. The summed E-state index contributed by atoms with van der Waals surface area (Å²) in [5.41, 5.74) is 6.44. The van der Waals surface area contributed by atoms with Gasteiger partial charge in [-0.3, -0.25) is 4.72 Å². The van der Waals surface area contributed by atoms with Crippen LogP contribution in [-0.2, 0) is 10.0 Å². The number of nitrogens with two attached hydrogens (primary N) is 1. The van der Waals surface area contributed by atoms with Crippen molar-refractivity contribution in [2.45, 2.75) is 31.7 Å². The molecule has 0 amide bonds. The third-order valence-corrected chi connectivity index (χ3v) is 4.81. The second-order valence-electron chi connectivity index (χ2n) is 5.00. The molecule has 0 spiro atoms. The van der Waals surface area contributed by atoms with Crippen LogP contribution in [0, 0.1) is 6.92 Å². The Morgan fingerprint density at radius 2 is 2.05 bits per heavy atom. The molecule has 0 aliphatic carbocycles. The van der Waals surface area contributed by atoms with E-state index in [2.05, 4.69) is 9.82 Å². The van der Waals surface area contributed by atoms with Crippen LogP contribution in [0.3, 0.4) is 0 Å². The first-order valence-electron chi connectivity index (χ1n) is 6.34. The molecule has 2 rings (SSSR count). The number of nitrogens with zero attached hydrogens (tertiary/aromatic N) is 2. The van der Waals surface area contributed by atoms with E-state index in [4.69, 9.17) is 17.3 Å². The average molecular weight is 329 g/mol. The van der Waals surface area contributed by atoms with Crippen molar-refractivity contribution < 1.29 is 8.42 Å². The highest BCUT2D eigenvalue weighted by Crippen LogP contribution is 2.27. The second-order valence-corrected chi connectivity index (χ2v) is 7.06. The van der Waals surface area contributed by atoms with Crippen LogP contribution in [0.2, 0.25) is 5.02 Å². The number of halogens is 1. The van der Waals surface area contributed by atoms with Crippen LogP contribution in [-0.4, -0.2) is 18.2 Å². The Kier molecular flexibility index (Phi) is 4.15. The van der Waals surface area contributed by atoms with Crippen LogP contribution in [0.5, 0.6) is 0 Å². The summed E-state index contributed by atoms with van der Waals surface area (Å²) in [7, 11) is -3.76. The molecule has 1 heterocycles. The minimum absolute atomic E-state index is 0.0362. The number of sulfonamides is 1. The highest BCUT2D eigenvalue weighted by molar-refractivity contribution is 7.92. The second kappa shape index (κ2) is 5.57. The Morgan fingerprint density at radius 3 is 2.67 bits per heavy atom. The summed E-state index contributed by atoms with van der Waals surface area (Å²) in [5, 5.41) is 4.42. The lowest BCUT2D eigenvalue weighted by Gasteiger charge is -2.14. The molecule has 0 fully saturated rings. The van der Waals surface area contributed by atoms with Gasteiger partial charge in [-0.2, -0.15) is 5.10 Å². The molecule has 0 saturated carbocycles. The molecule has 6 nitrogen and oxygen atoms in total. The molecular formula is C13H17ClN4O2S. The highest BCUT2D eigenvalue weighted by Gasteiger charge is 2.20. The van der Waals surface area contributed by atoms with E-state index in [1.54, 1.807) is 23.9 Å². The monoisotopic (exact) mass is 328 g/mol. The van der Waals surface area contributed by atoms with E-state index in [0.29, 0.717) is 16.4 Å². The number of nitrogen functional groups attached to an aromatic ring is 1. The standard InChI is InChI=1S/C13H17ClN4O2S/c1-8(2)18-13(4-5-16-18)17-21(19,20)12-7-11(15)10(14)6-9(12)3/h4-8,17H,15H2,1-3H3. The lowest BCUT2D eigenvalue weighted by Crippen LogP contribution is -2.18. The van der Waals surface area contributed by atoms with E-state index >= 15 is 0 Å². The van der Waals surface area contributed by atoms with Gasteiger partial charge in [-0.05, 0) is 38.5 Å². The molecule has 1 aromatic carbocycles. The van der Waals surface area contributed by atoms with E-state index in [9.17, 15) is 8.42 Å². The van der Waals surface area contributed by atoms with E-state index in [1.807, 2.05) is 13.8 Å². The summed E-state index contributed by atoms with van der Waals surface area (Å²) in [6.45, 7) is 5.49. The van der Waals surface area contributed by atoms with Crippen molar-refractivity contribution >= 4 is 33.1 Å². The molecular weight excluding hydrogens is 312 g/mol. The number of aryl methyl sites for hydroxylation is 1. The maximum absolute atomic E-state index is 12.5. The molecule has 0 atom stereocenters. The van der Waals surface area contributed by atoms with Crippen molar-refractivity contribution in [3.8, 4) is 0 Å². The number of anilines is 2. The third kappa shape index (κ3) is 3.14. The maximum Gasteiger partial charge on any atom is 0.263 e. The van der Waals surface area contributed by atoms with Gasteiger partial charge in [0.15, 0.2) is 0 Å². The lowest BCUT2D eigenvalue weighted by molar-refractivity contribution is 0.539. The van der Waals surface area contributed by atoms with Gasteiger partial charge in [0, 0.05) is 12.1 Å². The number of nitrogens with one attached hydrogen (secondary N) is 1. The van der Waals surface area contributed by atoms with Crippen LogP contribution in [0.4, 0.5) is 11.5 Å².